The Bertz CT molecular complexity index is 592. The third kappa shape index (κ3) is 4.71. The maximum Gasteiger partial charge on any atom is 0.323 e. The van der Waals surface area contributed by atoms with Crippen molar-refractivity contribution in [2.24, 2.45) is 0 Å². The lowest BCUT2D eigenvalue weighted by Gasteiger charge is -2.09. The molecule has 1 heterocycles. The first kappa shape index (κ1) is 14.6. The second-order valence-corrected chi connectivity index (χ2v) is 5.08. The van der Waals surface area contributed by atoms with Crippen LogP contribution in [0.1, 0.15) is 0 Å². The zero-order chi connectivity index (χ0) is 14.4. The number of hydrogen-bond acceptors (Lipinski definition) is 3. The fourth-order valence-electron chi connectivity index (χ4n) is 1.35. The highest BCUT2D eigenvalue weighted by Crippen LogP contribution is 2.15. The van der Waals surface area contributed by atoms with E-state index in [2.05, 4.69) is 31.5 Å². The van der Waals surface area contributed by atoms with Crippen molar-refractivity contribution < 1.29 is 9.53 Å². The molecule has 0 bridgehead atoms. The SMILES string of the molecule is O=C(NCOc1ccc(Cl)cc1)Nc1cc(Br)ccn1. The number of rotatable bonds is 4. The molecule has 7 heteroatoms. The molecule has 0 radical (unpaired) electrons. The monoisotopic (exact) mass is 355 g/mol. The van der Waals surface area contributed by atoms with Crippen molar-refractivity contribution in [3.8, 4) is 5.75 Å². The smallest absolute Gasteiger partial charge is 0.323 e. The Balaban J connectivity index is 1.76. The molecular weight excluding hydrogens is 346 g/mol. The van der Waals surface area contributed by atoms with Gasteiger partial charge in [-0.2, -0.15) is 0 Å². The van der Waals surface area contributed by atoms with Gasteiger partial charge in [0.1, 0.15) is 11.6 Å². The van der Waals surface area contributed by atoms with E-state index in [1.807, 2.05) is 0 Å². The Hall–Kier alpha value is -1.79. The molecule has 2 amide bonds. The van der Waals surface area contributed by atoms with Crippen LogP contribution in [-0.2, 0) is 0 Å². The fourth-order valence-corrected chi connectivity index (χ4v) is 1.81. The van der Waals surface area contributed by atoms with Crippen LogP contribution >= 0.6 is 27.5 Å². The van der Waals surface area contributed by atoms with E-state index in [1.54, 1.807) is 42.6 Å². The molecule has 1 aromatic carbocycles. The van der Waals surface area contributed by atoms with Crippen LogP contribution in [0.3, 0.4) is 0 Å². The van der Waals surface area contributed by atoms with Crippen molar-refractivity contribution in [3.63, 3.8) is 0 Å². The topological polar surface area (TPSA) is 63.2 Å². The molecule has 0 saturated heterocycles. The molecule has 0 aliphatic rings. The van der Waals surface area contributed by atoms with Crippen LogP contribution in [0, 0.1) is 0 Å². The largest absolute Gasteiger partial charge is 0.473 e. The highest BCUT2D eigenvalue weighted by Gasteiger charge is 2.02. The number of nitrogens with one attached hydrogen (secondary N) is 2. The van der Waals surface area contributed by atoms with E-state index < -0.39 is 6.03 Å². The number of carbonyl (C=O) groups excluding carboxylic acids is 1. The summed E-state index contributed by atoms with van der Waals surface area (Å²) in [4.78, 5) is 15.6. The zero-order valence-electron chi connectivity index (χ0n) is 10.3. The molecule has 0 fully saturated rings. The highest BCUT2D eigenvalue weighted by atomic mass is 79.9. The van der Waals surface area contributed by atoms with Crippen molar-refractivity contribution in [1.29, 1.82) is 0 Å². The van der Waals surface area contributed by atoms with E-state index >= 15 is 0 Å². The lowest BCUT2D eigenvalue weighted by molar-refractivity contribution is 0.234. The van der Waals surface area contributed by atoms with Gasteiger partial charge in [-0.05, 0) is 36.4 Å². The Morgan fingerprint density at radius 2 is 2.05 bits per heavy atom. The normalized spacial score (nSPS) is 9.90. The summed E-state index contributed by atoms with van der Waals surface area (Å²) >= 11 is 9.05. The van der Waals surface area contributed by atoms with Gasteiger partial charge in [0.25, 0.3) is 0 Å². The average Bonchev–Trinajstić information content (AvgIpc) is 2.41. The number of ether oxygens (including phenoxy) is 1. The lowest BCUT2D eigenvalue weighted by Crippen LogP contribution is -2.32. The molecule has 0 saturated carbocycles. The number of nitrogens with zero attached hydrogens (tertiary/aromatic N) is 1. The second-order valence-electron chi connectivity index (χ2n) is 3.73. The number of pyridine rings is 1. The first-order chi connectivity index (χ1) is 9.63. The van der Waals surface area contributed by atoms with Gasteiger partial charge in [0.15, 0.2) is 6.73 Å². The summed E-state index contributed by atoms with van der Waals surface area (Å²) in [5.74, 6) is 1.07. The zero-order valence-corrected chi connectivity index (χ0v) is 12.6. The van der Waals surface area contributed by atoms with Crippen molar-refractivity contribution >= 4 is 39.4 Å². The molecule has 104 valence electrons. The lowest BCUT2D eigenvalue weighted by atomic mass is 10.3. The van der Waals surface area contributed by atoms with E-state index in [0.717, 1.165) is 4.47 Å². The summed E-state index contributed by atoms with van der Waals surface area (Å²) < 4.78 is 6.17. The summed E-state index contributed by atoms with van der Waals surface area (Å²) in [7, 11) is 0. The van der Waals surface area contributed by atoms with Gasteiger partial charge in [-0.25, -0.2) is 9.78 Å². The first-order valence-corrected chi connectivity index (χ1v) is 6.85. The number of anilines is 1. The first-order valence-electron chi connectivity index (χ1n) is 5.68. The standard InChI is InChI=1S/C13H11BrClN3O2/c14-9-5-6-16-12(7-9)18-13(19)17-8-20-11-3-1-10(15)2-4-11/h1-7H,8H2,(H2,16,17,18,19). The van der Waals surface area contributed by atoms with Crippen LogP contribution in [0.15, 0.2) is 47.1 Å². The third-order valence-electron chi connectivity index (χ3n) is 2.25. The highest BCUT2D eigenvalue weighted by molar-refractivity contribution is 9.10. The van der Waals surface area contributed by atoms with Gasteiger partial charge in [0.2, 0.25) is 0 Å². The third-order valence-corrected chi connectivity index (χ3v) is 2.99. The molecule has 0 spiro atoms. The molecule has 2 aromatic rings. The van der Waals surface area contributed by atoms with E-state index in [1.165, 1.54) is 0 Å². The number of benzene rings is 1. The number of carbonyl (C=O) groups is 1. The van der Waals surface area contributed by atoms with Crippen LogP contribution in [0.5, 0.6) is 5.75 Å². The summed E-state index contributed by atoms with van der Waals surface area (Å²) in [6, 6.07) is 9.93. The van der Waals surface area contributed by atoms with Crippen LogP contribution in [0.25, 0.3) is 0 Å². The minimum atomic E-state index is -0.399. The van der Waals surface area contributed by atoms with E-state index in [9.17, 15) is 4.79 Å². The molecular formula is C13H11BrClN3O2. The number of amides is 2. The Morgan fingerprint density at radius 1 is 1.30 bits per heavy atom. The van der Waals surface area contributed by atoms with Crippen molar-refractivity contribution in [1.82, 2.24) is 10.3 Å². The van der Waals surface area contributed by atoms with Gasteiger partial charge in [-0.1, -0.05) is 27.5 Å². The van der Waals surface area contributed by atoms with Crippen LogP contribution in [0.4, 0.5) is 10.6 Å². The molecule has 0 aliphatic heterocycles. The minimum absolute atomic E-state index is 0.0431. The van der Waals surface area contributed by atoms with Gasteiger partial charge in [-0.15, -0.1) is 0 Å². The molecule has 0 atom stereocenters. The predicted molar refractivity (Wildman–Crippen MR) is 81.0 cm³/mol. The van der Waals surface area contributed by atoms with Crippen LogP contribution < -0.4 is 15.4 Å². The molecule has 2 N–H and O–H groups in total. The van der Waals surface area contributed by atoms with Gasteiger partial charge in [0.05, 0.1) is 0 Å². The maximum absolute atomic E-state index is 11.6. The minimum Gasteiger partial charge on any atom is -0.473 e. The summed E-state index contributed by atoms with van der Waals surface area (Å²) in [6.45, 7) is 0.0431. The van der Waals surface area contributed by atoms with Gasteiger partial charge in [0, 0.05) is 15.7 Å². The summed E-state index contributed by atoms with van der Waals surface area (Å²) in [6.07, 6.45) is 1.59. The second kappa shape index (κ2) is 7.12. The molecule has 1 aromatic heterocycles. The number of hydrogen-bond donors (Lipinski definition) is 2. The summed E-state index contributed by atoms with van der Waals surface area (Å²) in [5, 5.41) is 5.77. The Labute approximate surface area is 129 Å². The van der Waals surface area contributed by atoms with Crippen molar-refractivity contribution in [2.45, 2.75) is 0 Å². The van der Waals surface area contributed by atoms with Crippen LogP contribution in [0.2, 0.25) is 5.02 Å². The van der Waals surface area contributed by atoms with E-state index in [-0.39, 0.29) is 6.73 Å². The number of halogens is 2. The average molecular weight is 357 g/mol. The van der Waals surface area contributed by atoms with Gasteiger partial charge in [-0.3, -0.25) is 5.32 Å². The van der Waals surface area contributed by atoms with E-state index in [0.29, 0.717) is 16.6 Å². The molecule has 0 aliphatic carbocycles. The molecule has 2 rings (SSSR count). The van der Waals surface area contributed by atoms with Gasteiger partial charge >= 0.3 is 6.03 Å². The Kier molecular flexibility index (Phi) is 5.20. The molecule has 20 heavy (non-hydrogen) atoms. The van der Waals surface area contributed by atoms with E-state index in [4.69, 9.17) is 16.3 Å². The molecule has 5 nitrogen and oxygen atoms in total. The Morgan fingerprint density at radius 3 is 2.75 bits per heavy atom. The number of aromatic nitrogens is 1. The fraction of sp³-hybridized carbons (Fsp3) is 0.0769. The maximum atomic E-state index is 11.6. The summed E-state index contributed by atoms with van der Waals surface area (Å²) in [5.41, 5.74) is 0. The quantitative estimate of drug-likeness (QED) is 0.822. The van der Waals surface area contributed by atoms with Gasteiger partial charge < -0.3 is 10.1 Å². The van der Waals surface area contributed by atoms with Crippen LogP contribution in [-0.4, -0.2) is 17.7 Å². The number of urea groups is 1. The van der Waals surface area contributed by atoms with Crippen molar-refractivity contribution in [3.05, 3.63) is 52.1 Å². The van der Waals surface area contributed by atoms with Crippen molar-refractivity contribution in [2.75, 3.05) is 12.0 Å². The predicted octanol–water partition coefficient (Wildman–Crippen LogP) is 3.66. The molecule has 0 unspecified atom stereocenters.